The highest BCUT2D eigenvalue weighted by atomic mass is 35.5. The molecule has 5 nitrogen and oxygen atoms in total. The second kappa shape index (κ2) is 5.29. The number of hydrogen-bond donors (Lipinski definition) is 2. The number of aryl methyl sites for hydroxylation is 1. The highest BCUT2D eigenvalue weighted by Gasteiger charge is 2.30. The lowest BCUT2D eigenvalue weighted by Crippen LogP contribution is -2.17. The summed E-state index contributed by atoms with van der Waals surface area (Å²) < 4.78 is 0. The van der Waals surface area contributed by atoms with E-state index in [0.717, 1.165) is 16.3 Å². The van der Waals surface area contributed by atoms with Crippen molar-refractivity contribution in [2.24, 2.45) is 0 Å². The average molecular weight is 324 g/mol. The zero-order valence-corrected chi connectivity index (χ0v) is 13.1. The molecular formula is C14H14ClN3O2S. The summed E-state index contributed by atoms with van der Waals surface area (Å²) in [6, 6.07) is 3.44. The largest absolute Gasteiger partial charge is 0.378 e. The molecule has 0 saturated carbocycles. The molecule has 2 heterocycles. The van der Waals surface area contributed by atoms with Gasteiger partial charge in [-0.2, -0.15) is 0 Å². The lowest BCUT2D eigenvalue weighted by atomic mass is 10.1. The molecule has 1 atom stereocenters. The van der Waals surface area contributed by atoms with E-state index in [9.17, 15) is 9.90 Å². The fourth-order valence-corrected chi connectivity index (χ4v) is 3.47. The molecule has 1 aromatic carbocycles. The minimum Gasteiger partial charge on any atom is -0.378 e. The second-order valence-corrected chi connectivity index (χ2v) is 6.35. The minimum atomic E-state index is -1.14. The zero-order chi connectivity index (χ0) is 15.1. The Morgan fingerprint density at radius 1 is 1.52 bits per heavy atom. The van der Waals surface area contributed by atoms with Crippen LogP contribution in [-0.4, -0.2) is 23.0 Å². The van der Waals surface area contributed by atoms with E-state index in [0.29, 0.717) is 22.8 Å². The van der Waals surface area contributed by atoms with Crippen LogP contribution in [-0.2, 0) is 11.3 Å². The number of aromatic nitrogens is 1. The normalized spacial score (nSPS) is 16.8. The Kier molecular flexibility index (Phi) is 3.61. The van der Waals surface area contributed by atoms with Gasteiger partial charge in [0.15, 0.2) is 6.10 Å². The van der Waals surface area contributed by atoms with Crippen molar-refractivity contribution in [3.05, 3.63) is 38.8 Å². The second-order valence-electron chi connectivity index (χ2n) is 5.00. The number of anilines is 2. The molecule has 0 bridgehead atoms. The molecule has 0 fully saturated rings. The topological polar surface area (TPSA) is 65.5 Å². The number of halogens is 1. The Balaban J connectivity index is 1.91. The van der Waals surface area contributed by atoms with Crippen molar-refractivity contribution >= 4 is 40.2 Å². The smallest absolute Gasteiger partial charge is 0.257 e. The molecule has 0 aliphatic carbocycles. The number of aliphatic hydroxyl groups is 1. The van der Waals surface area contributed by atoms with Crippen molar-refractivity contribution in [1.82, 2.24) is 4.98 Å². The first kappa shape index (κ1) is 14.3. The number of benzene rings is 1. The Hall–Kier alpha value is -1.63. The van der Waals surface area contributed by atoms with Crippen LogP contribution in [0.5, 0.6) is 0 Å². The molecule has 1 amide bonds. The Morgan fingerprint density at radius 3 is 2.95 bits per heavy atom. The molecule has 2 N–H and O–H groups in total. The molecule has 0 radical (unpaired) electrons. The number of thiazole rings is 1. The van der Waals surface area contributed by atoms with Gasteiger partial charge in [-0.1, -0.05) is 11.6 Å². The maximum Gasteiger partial charge on any atom is 0.257 e. The number of amides is 1. The van der Waals surface area contributed by atoms with Gasteiger partial charge in [0.2, 0.25) is 0 Å². The van der Waals surface area contributed by atoms with Crippen LogP contribution >= 0.6 is 22.9 Å². The molecule has 7 heteroatoms. The quantitative estimate of drug-likeness (QED) is 0.911. The van der Waals surface area contributed by atoms with Crippen molar-refractivity contribution in [3.8, 4) is 0 Å². The van der Waals surface area contributed by atoms with Crippen molar-refractivity contribution in [3.63, 3.8) is 0 Å². The zero-order valence-electron chi connectivity index (χ0n) is 11.6. The highest BCUT2D eigenvalue weighted by Crippen LogP contribution is 2.39. The van der Waals surface area contributed by atoms with E-state index in [1.807, 2.05) is 24.4 Å². The summed E-state index contributed by atoms with van der Waals surface area (Å²) in [4.78, 5) is 18.9. The van der Waals surface area contributed by atoms with Gasteiger partial charge in [-0.15, -0.1) is 11.3 Å². The molecule has 21 heavy (non-hydrogen) atoms. The van der Waals surface area contributed by atoms with Crippen molar-refractivity contribution in [2.45, 2.75) is 19.6 Å². The van der Waals surface area contributed by atoms with Gasteiger partial charge in [0.05, 0.1) is 28.5 Å². The fourth-order valence-electron chi connectivity index (χ4n) is 2.33. The number of nitrogens with one attached hydrogen (secondary N) is 1. The highest BCUT2D eigenvalue weighted by molar-refractivity contribution is 7.09. The molecule has 0 saturated heterocycles. The molecule has 3 rings (SSSR count). The molecule has 110 valence electrons. The van der Waals surface area contributed by atoms with Crippen LogP contribution in [0.1, 0.15) is 22.2 Å². The predicted octanol–water partition coefficient (Wildman–Crippen LogP) is 2.73. The van der Waals surface area contributed by atoms with Crippen LogP contribution in [0.15, 0.2) is 17.6 Å². The van der Waals surface area contributed by atoms with Crippen LogP contribution in [0, 0.1) is 6.92 Å². The lowest BCUT2D eigenvalue weighted by molar-refractivity contribution is -0.123. The third-order valence-electron chi connectivity index (χ3n) is 3.56. The summed E-state index contributed by atoms with van der Waals surface area (Å²) in [6.07, 6.45) is -1.14. The Morgan fingerprint density at radius 2 is 2.29 bits per heavy atom. The maximum absolute atomic E-state index is 11.5. The summed E-state index contributed by atoms with van der Waals surface area (Å²) in [5.41, 5.74) is 4.76. The van der Waals surface area contributed by atoms with Crippen molar-refractivity contribution < 1.29 is 9.90 Å². The first-order chi connectivity index (χ1) is 9.97. The molecule has 1 unspecified atom stereocenters. The van der Waals surface area contributed by atoms with Gasteiger partial charge in [0.1, 0.15) is 0 Å². The summed E-state index contributed by atoms with van der Waals surface area (Å²) in [5.74, 6) is -0.417. The summed E-state index contributed by atoms with van der Waals surface area (Å²) >= 11 is 7.89. The number of rotatable bonds is 3. The maximum atomic E-state index is 11.5. The first-order valence-corrected chi connectivity index (χ1v) is 7.65. The van der Waals surface area contributed by atoms with E-state index >= 15 is 0 Å². The Bertz CT molecular complexity index is 716. The lowest BCUT2D eigenvalue weighted by Gasteiger charge is -2.21. The summed E-state index contributed by atoms with van der Waals surface area (Å²) in [7, 11) is 1.93. The van der Waals surface area contributed by atoms with Gasteiger partial charge in [0.25, 0.3) is 5.91 Å². The van der Waals surface area contributed by atoms with E-state index in [-0.39, 0.29) is 0 Å². The van der Waals surface area contributed by atoms with Crippen LogP contribution in [0.4, 0.5) is 11.4 Å². The van der Waals surface area contributed by atoms with E-state index < -0.39 is 12.0 Å². The van der Waals surface area contributed by atoms with E-state index in [1.165, 1.54) is 0 Å². The van der Waals surface area contributed by atoms with Crippen LogP contribution < -0.4 is 10.2 Å². The monoisotopic (exact) mass is 323 g/mol. The number of hydrogen-bond acceptors (Lipinski definition) is 5. The average Bonchev–Trinajstić information content (AvgIpc) is 2.95. The standard InChI is InChI=1S/C14H14ClN3O2S/c1-7-12(21-6-16-7)5-18(2)11-4-10-8(3-9(11)15)13(19)14(20)17-10/h3-4,6,13,19H,5H2,1-2H3,(H,17,20). The molecule has 0 spiro atoms. The van der Waals surface area contributed by atoms with Gasteiger partial charge in [0, 0.05) is 23.2 Å². The number of aliphatic hydroxyl groups excluding tert-OH is 1. The number of nitrogens with zero attached hydrogens (tertiary/aromatic N) is 2. The Labute approximate surface area is 131 Å². The van der Waals surface area contributed by atoms with Gasteiger partial charge >= 0.3 is 0 Å². The molecule has 2 aromatic rings. The molecular weight excluding hydrogens is 310 g/mol. The number of fused-ring (bicyclic) bond motifs is 1. The van der Waals surface area contributed by atoms with Gasteiger partial charge in [-0.05, 0) is 19.1 Å². The molecule has 1 aliphatic rings. The third-order valence-corrected chi connectivity index (χ3v) is 4.78. The van der Waals surface area contributed by atoms with Crippen LogP contribution in [0.2, 0.25) is 5.02 Å². The fraction of sp³-hybridized carbons (Fsp3) is 0.286. The summed E-state index contributed by atoms with van der Waals surface area (Å²) in [5, 5.41) is 12.9. The van der Waals surface area contributed by atoms with Gasteiger partial charge in [-0.25, -0.2) is 4.98 Å². The molecule has 1 aliphatic heterocycles. The van der Waals surface area contributed by atoms with Gasteiger partial charge in [-0.3, -0.25) is 4.79 Å². The van der Waals surface area contributed by atoms with Crippen molar-refractivity contribution in [2.75, 3.05) is 17.3 Å². The predicted molar refractivity (Wildman–Crippen MR) is 84.0 cm³/mol. The van der Waals surface area contributed by atoms with E-state index in [1.54, 1.807) is 23.5 Å². The van der Waals surface area contributed by atoms with E-state index in [2.05, 4.69) is 10.3 Å². The third kappa shape index (κ3) is 2.50. The SMILES string of the molecule is Cc1ncsc1CN(C)c1cc2c(cc1Cl)C(O)C(=O)N2. The minimum absolute atomic E-state index is 0.417. The first-order valence-electron chi connectivity index (χ1n) is 6.40. The summed E-state index contributed by atoms with van der Waals surface area (Å²) in [6.45, 7) is 2.66. The van der Waals surface area contributed by atoms with Crippen molar-refractivity contribution in [1.29, 1.82) is 0 Å². The van der Waals surface area contributed by atoms with E-state index in [4.69, 9.17) is 11.6 Å². The number of carbonyl (C=O) groups excluding carboxylic acids is 1. The molecule has 1 aromatic heterocycles. The van der Waals surface area contributed by atoms with Crippen LogP contribution in [0.3, 0.4) is 0 Å². The number of carbonyl (C=O) groups is 1. The van der Waals surface area contributed by atoms with Gasteiger partial charge < -0.3 is 15.3 Å². The van der Waals surface area contributed by atoms with Crippen LogP contribution in [0.25, 0.3) is 0 Å².